The lowest BCUT2D eigenvalue weighted by Gasteiger charge is -2.34. The van der Waals surface area contributed by atoms with Crippen LogP contribution in [0.2, 0.25) is 0 Å². The predicted molar refractivity (Wildman–Crippen MR) is 79.8 cm³/mol. The number of hydrogen-bond donors (Lipinski definition) is 1. The average Bonchev–Trinajstić information content (AvgIpc) is 3.25. The van der Waals surface area contributed by atoms with Crippen molar-refractivity contribution in [2.75, 3.05) is 0 Å². The van der Waals surface area contributed by atoms with Crippen LogP contribution in [0, 0.1) is 0 Å². The quantitative estimate of drug-likeness (QED) is 0.937. The summed E-state index contributed by atoms with van der Waals surface area (Å²) in [6.07, 6.45) is 6.39. The van der Waals surface area contributed by atoms with E-state index in [0.717, 1.165) is 37.4 Å². The highest BCUT2D eigenvalue weighted by Gasteiger charge is 2.39. The van der Waals surface area contributed by atoms with Gasteiger partial charge in [0.2, 0.25) is 5.89 Å². The summed E-state index contributed by atoms with van der Waals surface area (Å²) >= 11 is 0. The lowest BCUT2D eigenvalue weighted by atomic mass is 9.74. The van der Waals surface area contributed by atoms with E-state index in [0.29, 0.717) is 11.8 Å². The van der Waals surface area contributed by atoms with E-state index in [1.807, 2.05) is 0 Å². The second-order valence-electron chi connectivity index (χ2n) is 6.57. The van der Waals surface area contributed by atoms with E-state index in [-0.39, 0.29) is 0 Å². The first-order valence-electron chi connectivity index (χ1n) is 7.92. The summed E-state index contributed by atoms with van der Waals surface area (Å²) in [5, 5.41) is 4.16. The molecule has 0 bridgehead atoms. The molecule has 21 heavy (non-hydrogen) atoms. The maximum Gasteiger partial charge on any atom is 0.229 e. The summed E-state index contributed by atoms with van der Waals surface area (Å²) in [4.78, 5) is 4.56. The molecule has 0 unspecified atom stereocenters. The third-order valence-electron chi connectivity index (χ3n) is 4.96. The van der Waals surface area contributed by atoms with E-state index < -0.39 is 5.54 Å². The van der Waals surface area contributed by atoms with Gasteiger partial charge >= 0.3 is 0 Å². The molecule has 0 atom stereocenters. The molecule has 2 aliphatic rings. The number of benzene rings is 1. The fourth-order valence-electron chi connectivity index (χ4n) is 3.35. The molecule has 110 valence electrons. The van der Waals surface area contributed by atoms with Gasteiger partial charge in [0.25, 0.3) is 0 Å². The van der Waals surface area contributed by atoms with E-state index >= 15 is 0 Å². The zero-order chi connectivity index (χ0) is 14.3. The van der Waals surface area contributed by atoms with Crippen LogP contribution in [0.1, 0.15) is 67.6 Å². The van der Waals surface area contributed by atoms with Gasteiger partial charge in [0, 0.05) is 5.92 Å². The standard InChI is InChI=1S/C17H21N3O/c18-17(16-19-15(21-20-16)14-6-7-14)10-8-13(9-11-17)12-4-2-1-3-5-12/h1-5,13-14H,6-11,18H2. The molecule has 1 aromatic carbocycles. The molecule has 0 amide bonds. The highest BCUT2D eigenvalue weighted by Crippen LogP contribution is 2.43. The summed E-state index contributed by atoms with van der Waals surface area (Å²) in [6, 6.07) is 10.7. The molecular formula is C17H21N3O. The molecule has 2 aliphatic carbocycles. The molecule has 1 aromatic heterocycles. The van der Waals surface area contributed by atoms with Crippen molar-refractivity contribution in [3.8, 4) is 0 Å². The van der Waals surface area contributed by atoms with E-state index in [2.05, 4.69) is 40.5 Å². The van der Waals surface area contributed by atoms with Crippen molar-refractivity contribution in [1.29, 1.82) is 0 Å². The molecule has 2 fully saturated rings. The van der Waals surface area contributed by atoms with Crippen molar-refractivity contribution in [3.05, 3.63) is 47.6 Å². The first-order chi connectivity index (χ1) is 10.2. The Balaban J connectivity index is 1.47. The van der Waals surface area contributed by atoms with Crippen LogP contribution in [0.3, 0.4) is 0 Å². The van der Waals surface area contributed by atoms with Crippen LogP contribution in [-0.4, -0.2) is 10.1 Å². The fourth-order valence-corrected chi connectivity index (χ4v) is 3.35. The Morgan fingerprint density at radius 2 is 1.71 bits per heavy atom. The van der Waals surface area contributed by atoms with Gasteiger partial charge in [-0.05, 0) is 50.0 Å². The van der Waals surface area contributed by atoms with Crippen LogP contribution in [-0.2, 0) is 5.54 Å². The summed E-state index contributed by atoms with van der Waals surface area (Å²) in [5.41, 5.74) is 7.59. The Labute approximate surface area is 124 Å². The molecule has 4 nitrogen and oxygen atoms in total. The average molecular weight is 283 g/mol. The van der Waals surface area contributed by atoms with Gasteiger partial charge in [-0.3, -0.25) is 0 Å². The van der Waals surface area contributed by atoms with Crippen LogP contribution in [0.5, 0.6) is 0 Å². The largest absolute Gasteiger partial charge is 0.339 e. The van der Waals surface area contributed by atoms with Gasteiger partial charge in [0.05, 0.1) is 5.54 Å². The number of hydrogen-bond acceptors (Lipinski definition) is 4. The number of nitrogens with zero attached hydrogens (tertiary/aromatic N) is 2. The van der Waals surface area contributed by atoms with Crippen molar-refractivity contribution in [3.63, 3.8) is 0 Å². The molecule has 0 saturated heterocycles. The Kier molecular flexibility index (Phi) is 3.07. The van der Waals surface area contributed by atoms with E-state index in [4.69, 9.17) is 10.3 Å². The molecule has 0 spiro atoms. The van der Waals surface area contributed by atoms with Gasteiger partial charge in [0.1, 0.15) is 0 Å². The first kappa shape index (κ1) is 13.0. The maximum absolute atomic E-state index is 6.57. The molecule has 2 saturated carbocycles. The van der Waals surface area contributed by atoms with Crippen molar-refractivity contribution < 1.29 is 4.52 Å². The Bertz CT molecular complexity index is 610. The molecule has 0 radical (unpaired) electrons. The summed E-state index contributed by atoms with van der Waals surface area (Å²) in [6.45, 7) is 0. The van der Waals surface area contributed by atoms with Crippen LogP contribution in [0.15, 0.2) is 34.9 Å². The minimum absolute atomic E-state index is 0.401. The summed E-state index contributed by atoms with van der Waals surface area (Å²) < 4.78 is 5.38. The zero-order valence-electron chi connectivity index (χ0n) is 12.2. The summed E-state index contributed by atoms with van der Waals surface area (Å²) in [5.74, 6) is 2.61. The van der Waals surface area contributed by atoms with Crippen molar-refractivity contribution in [1.82, 2.24) is 10.1 Å². The van der Waals surface area contributed by atoms with Crippen LogP contribution >= 0.6 is 0 Å². The minimum Gasteiger partial charge on any atom is -0.339 e. The van der Waals surface area contributed by atoms with Gasteiger partial charge in [-0.25, -0.2) is 0 Å². The molecule has 2 aromatic rings. The molecule has 4 rings (SSSR count). The van der Waals surface area contributed by atoms with Gasteiger partial charge in [-0.15, -0.1) is 0 Å². The SMILES string of the molecule is NC1(c2noc(C3CC3)n2)CCC(c2ccccc2)CC1. The normalized spacial score (nSPS) is 29.5. The molecule has 0 aliphatic heterocycles. The van der Waals surface area contributed by atoms with E-state index in [9.17, 15) is 0 Å². The second kappa shape index (κ2) is 4.95. The third kappa shape index (κ3) is 2.48. The van der Waals surface area contributed by atoms with Gasteiger partial charge in [-0.1, -0.05) is 35.5 Å². The smallest absolute Gasteiger partial charge is 0.229 e. The highest BCUT2D eigenvalue weighted by atomic mass is 16.5. The van der Waals surface area contributed by atoms with Gasteiger partial charge in [-0.2, -0.15) is 4.98 Å². The topological polar surface area (TPSA) is 64.9 Å². The van der Waals surface area contributed by atoms with E-state index in [1.165, 1.54) is 18.4 Å². The van der Waals surface area contributed by atoms with Gasteiger partial charge in [0.15, 0.2) is 5.82 Å². The lowest BCUT2D eigenvalue weighted by molar-refractivity contribution is 0.253. The Morgan fingerprint density at radius 3 is 2.38 bits per heavy atom. The fraction of sp³-hybridized carbons (Fsp3) is 0.529. The molecule has 4 heteroatoms. The molecule has 2 N–H and O–H groups in total. The second-order valence-corrected chi connectivity index (χ2v) is 6.57. The monoisotopic (exact) mass is 283 g/mol. The van der Waals surface area contributed by atoms with Crippen molar-refractivity contribution in [2.45, 2.75) is 55.9 Å². The Hall–Kier alpha value is -1.68. The van der Waals surface area contributed by atoms with Crippen LogP contribution < -0.4 is 5.73 Å². The summed E-state index contributed by atoms with van der Waals surface area (Å²) in [7, 11) is 0. The van der Waals surface area contributed by atoms with Crippen LogP contribution in [0.4, 0.5) is 0 Å². The highest BCUT2D eigenvalue weighted by molar-refractivity contribution is 5.21. The molecular weight excluding hydrogens is 262 g/mol. The number of rotatable bonds is 3. The number of aromatic nitrogens is 2. The minimum atomic E-state index is -0.401. The number of nitrogens with two attached hydrogens (primary N) is 1. The molecule has 1 heterocycles. The van der Waals surface area contributed by atoms with Crippen LogP contribution in [0.25, 0.3) is 0 Å². The Morgan fingerprint density at radius 1 is 1.00 bits per heavy atom. The lowest BCUT2D eigenvalue weighted by Crippen LogP contribution is -2.41. The zero-order valence-corrected chi connectivity index (χ0v) is 12.2. The first-order valence-corrected chi connectivity index (χ1v) is 7.92. The van der Waals surface area contributed by atoms with Crippen molar-refractivity contribution >= 4 is 0 Å². The predicted octanol–water partition coefficient (Wildman–Crippen LogP) is 3.46. The maximum atomic E-state index is 6.57. The van der Waals surface area contributed by atoms with Gasteiger partial charge < -0.3 is 10.3 Å². The van der Waals surface area contributed by atoms with E-state index in [1.54, 1.807) is 0 Å². The van der Waals surface area contributed by atoms with Crippen molar-refractivity contribution in [2.24, 2.45) is 5.73 Å². The third-order valence-corrected chi connectivity index (χ3v) is 4.96.